The Hall–Kier alpha value is -1.88. The van der Waals surface area contributed by atoms with Gasteiger partial charge in [0.05, 0.1) is 11.5 Å². The highest BCUT2D eigenvalue weighted by atomic mass is 16.4. The van der Waals surface area contributed by atoms with E-state index < -0.39 is 5.97 Å². The molecule has 0 aliphatic carbocycles. The molecule has 0 radical (unpaired) electrons. The van der Waals surface area contributed by atoms with Gasteiger partial charge in [-0.3, -0.25) is 4.79 Å². The zero-order chi connectivity index (χ0) is 15.1. The standard InChI is InChI=1S/C15H22N2O3/c1-10(2)7-13(8-16)14(18)17-9-11-3-5-12(6-4-11)15(19)20/h3-6,10,13H,7-9,16H2,1-2H3,(H,17,18)(H,19,20). The van der Waals surface area contributed by atoms with Gasteiger partial charge in [-0.25, -0.2) is 4.79 Å². The fourth-order valence-electron chi connectivity index (χ4n) is 1.98. The van der Waals surface area contributed by atoms with Crippen LogP contribution in [-0.2, 0) is 11.3 Å². The van der Waals surface area contributed by atoms with Crippen LogP contribution in [0.15, 0.2) is 24.3 Å². The number of carbonyl (C=O) groups excluding carboxylic acids is 1. The molecule has 1 unspecified atom stereocenters. The molecule has 1 aromatic rings. The fraction of sp³-hybridized carbons (Fsp3) is 0.467. The Labute approximate surface area is 119 Å². The number of hydrogen-bond acceptors (Lipinski definition) is 3. The molecule has 4 N–H and O–H groups in total. The van der Waals surface area contributed by atoms with Gasteiger partial charge < -0.3 is 16.2 Å². The molecular weight excluding hydrogens is 256 g/mol. The average Bonchev–Trinajstić information content (AvgIpc) is 2.42. The molecule has 0 saturated carbocycles. The molecule has 1 rings (SSSR count). The number of nitrogens with two attached hydrogens (primary N) is 1. The van der Waals surface area contributed by atoms with Crippen molar-refractivity contribution in [3.63, 3.8) is 0 Å². The molecule has 1 atom stereocenters. The summed E-state index contributed by atoms with van der Waals surface area (Å²) < 4.78 is 0. The Morgan fingerprint density at radius 3 is 2.30 bits per heavy atom. The van der Waals surface area contributed by atoms with Crippen LogP contribution in [0.3, 0.4) is 0 Å². The van der Waals surface area contributed by atoms with Gasteiger partial charge in [-0.2, -0.15) is 0 Å². The minimum Gasteiger partial charge on any atom is -0.478 e. The van der Waals surface area contributed by atoms with Crippen LogP contribution < -0.4 is 11.1 Å². The smallest absolute Gasteiger partial charge is 0.335 e. The van der Waals surface area contributed by atoms with Crippen LogP contribution in [0.5, 0.6) is 0 Å². The molecule has 1 amide bonds. The lowest BCUT2D eigenvalue weighted by Gasteiger charge is -2.16. The number of hydrogen-bond donors (Lipinski definition) is 3. The van der Waals surface area contributed by atoms with E-state index in [1.165, 1.54) is 12.1 Å². The third kappa shape index (κ3) is 5.01. The van der Waals surface area contributed by atoms with Crippen molar-refractivity contribution in [3.8, 4) is 0 Å². The van der Waals surface area contributed by atoms with E-state index in [2.05, 4.69) is 19.2 Å². The number of nitrogens with one attached hydrogen (secondary N) is 1. The van der Waals surface area contributed by atoms with Crippen molar-refractivity contribution in [3.05, 3.63) is 35.4 Å². The number of carbonyl (C=O) groups is 2. The first-order valence-corrected chi connectivity index (χ1v) is 6.74. The van der Waals surface area contributed by atoms with E-state index in [1.807, 2.05) is 0 Å². The third-order valence-corrected chi connectivity index (χ3v) is 3.08. The Kier molecular flexibility index (Phi) is 6.18. The largest absolute Gasteiger partial charge is 0.478 e. The van der Waals surface area contributed by atoms with Crippen molar-refractivity contribution in [1.29, 1.82) is 0 Å². The Balaban J connectivity index is 2.53. The zero-order valence-corrected chi connectivity index (χ0v) is 11.9. The predicted octanol–water partition coefficient (Wildman–Crippen LogP) is 1.62. The summed E-state index contributed by atoms with van der Waals surface area (Å²) in [4.78, 5) is 22.7. The van der Waals surface area contributed by atoms with Gasteiger partial charge in [0, 0.05) is 13.1 Å². The summed E-state index contributed by atoms with van der Waals surface area (Å²) in [7, 11) is 0. The summed E-state index contributed by atoms with van der Waals surface area (Å²) in [6.45, 7) is 4.83. The van der Waals surface area contributed by atoms with E-state index >= 15 is 0 Å². The first kappa shape index (κ1) is 16.2. The molecule has 0 heterocycles. The van der Waals surface area contributed by atoms with Crippen LogP contribution >= 0.6 is 0 Å². The second-order valence-corrected chi connectivity index (χ2v) is 5.28. The SMILES string of the molecule is CC(C)CC(CN)C(=O)NCc1ccc(C(=O)O)cc1. The van der Waals surface area contributed by atoms with Crippen molar-refractivity contribution < 1.29 is 14.7 Å². The van der Waals surface area contributed by atoms with Crippen LogP contribution in [-0.4, -0.2) is 23.5 Å². The molecule has 0 saturated heterocycles. The van der Waals surface area contributed by atoms with Crippen LogP contribution in [0.25, 0.3) is 0 Å². The molecule has 0 spiro atoms. The molecule has 0 bridgehead atoms. The maximum Gasteiger partial charge on any atom is 0.335 e. The highest BCUT2D eigenvalue weighted by Gasteiger charge is 2.17. The van der Waals surface area contributed by atoms with Gasteiger partial charge in [0.15, 0.2) is 0 Å². The lowest BCUT2D eigenvalue weighted by Crippen LogP contribution is -2.35. The molecule has 0 aliphatic heterocycles. The minimum absolute atomic E-state index is 0.0523. The van der Waals surface area contributed by atoms with Crippen molar-refractivity contribution in [2.75, 3.05) is 6.54 Å². The second-order valence-electron chi connectivity index (χ2n) is 5.28. The summed E-state index contributed by atoms with van der Waals surface area (Å²) in [6, 6.07) is 6.45. The molecule has 0 aromatic heterocycles. The molecule has 0 fully saturated rings. The molecule has 110 valence electrons. The van der Waals surface area contributed by atoms with Gasteiger partial charge >= 0.3 is 5.97 Å². The second kappa shape index (κ2) is 7.65. The van der Waals surface area contributed by atoms with Crippen LogP contribution in [0.1, 0.15) is 36.2 Å². The number of carboxylic acid groups (broad SMARTS) is 1. The van der Waals surface area contributed by atoms with Crippen molar-refractivity contribution >= 4 is 11.9 Å². The Morgan fingerprint density at radius 1 is 1.25 bits per heavy atom. The molecule has 1 aromatic carbocycles. The molecule has 0 aliphatic rings. The lowest BCUT2D eigenvalue weighted by atomic mass is 9.96. The lowest BCUT2D eigenvalue weighted by molar-refractivity contribution is -0.125. The van der Waals surface area contributed by atoms with Crippen molar-refractivity contribution in [2.24, 2.45) is 17.6 Å². The van der Waals surface area contributed by atoms with Gasteiger partial charge in [-0.05, 0) is 30.0 Å². The molecule has 20 heavy (non-hydrogen) atoms. The van der Waals surface area contributed by atoms with E-state index in [4.69, 9.17) is 10.8 Å². The Bertz CT molecular complexity index is 455. The van der Waals surface area contributed by atoms with Crippen LogP contribution in [0.4, 0.5) is 0 Å². The van der Waals surface area contributed by atoms with Gasteiger partial charge in [0.25, 0.3) is 0 Å². The number of amides is 1. The number of carboxylic acids is 1. The first-order chi connectivity index (χ1) is 9.43. The van der Waals surface area contributed by atoms with E-state index in [1.54, 1.807) is 12.1 Å². The van der Waals surface area contributed by atoms with Gasteiger partial charge in [-0.1, -0.05) is 26.0 Å². The Morgan fingerprint density at radius 2 is 1.85 bits per heavy atom. The third-order valence-electron chi connectivity index (χ3n) is 3.08. The van der Waals surface area contributed by atoms with Crippen molar-refractivity contribution in [2.45, 2.75) is 26.8 Å². The summed E-state index contributed by atoms with van der Waals surface area (Å²) in [5.41, 5.74) is 6.72. The summed E-state index contributed by atoms with van der Waals surface area (Å²) >= 11 is 0. The first-order valence-electron chi connectivity index (χ1n) is 6.74. The topological polar surface area (TPSA) is 92.4 Å². The van der Waals surface area contributed by atoms with E-state index in [9.17, 15) is 9.59 Å². The van der Waals surface area contributed by atoms with Gasteiger partial charge in [-0.15, -0.1) is 0 Å². The highest BCUT2D eigenvalue weighted by Crippen LogP contribution is 2.11. The number of rotatable bonds is 7. The maximum absolute atomic E-state index is 12.0. The zero-order valence-electron chi connectivity index (χ0n) is 11.9. The summed E-state index contributed by atoms with van der Waals surface area (Å²) in [6.07, 6.45) is 0.764. The number of aromatic carboxylic acids is 1. The highest BCUT2D eigenvalue weighted by molar-refractivity contribution is 5.87. The van der Waals surface area contributed by atoms with Crippen molar-refractivity contribution in [1.82, 2.24) is 5.32 Å². The normalized spacial score (nSPS) is 12.2. The number of benzene rings is 1. The summed E-state index contributed by atoms with van der Waals surface area (Å²) in [5, 5.41) is 11.6. The minimum atomic E-state index is -0.958. The maximum atomic E-state index is 12.0. The molecule has 5 nitrogen and oxygen atoms in total. The van der Waals surface area contributed by atoms with E-state index in [0.717, 1.165) is 12.0 Å². The quantitative estimate of drug-likeness (QED) is 0.706. The van der Waals surface area contributed by atoms with Crippen LogP contribution in [0.2, 0.25) is 0 Å². The van der Waals surface area contributed by atoms with Gasteiger partial charge in [0.2, 0.25) is 5.91 Å². The van der Waals surface area contributed by atoms with E-state index in [-0.39, 0.29) is 17.4 Å². The van der Waals surface area contributed by atoms with E-state index in [0.29, 0.717) is 19.0 Å². The van der Waals surface area contributed by atoms with Gasteiger partial charge in [0.1, 0.15) is 0 Å². The average molecular weight is 278 g/mol. The fourth-order valence-corrected chi connectivity index (χ4v) is 1.98. The summed E-state index contributed by atoms with van der Waals surface area (Å²) in [5.74, 6) is -0.762. The molecule has 5 heteroatoms. The monoisotopic (exact) mass is 278 g/mol. The van der Waals surface area contributed by atoms with Crippen LogP contribution in [0, 0.1) is 11.8 Å². The predicted molar refractivity (Wildman–Crippen MR) is 77.2 cm³/mol. The molecular formula is C15H22N2O3.